The maximum atomic E-state index is 6.03. The van der Waals surface area contributed by atoms with Crippen LogP contribution in [0.5, 0.6) is 0 Å². The molecule has 2 unspecified atom stereocenters. The van der Waals surface area contributed by atoms with Crippen LogP contribution in [-0.2, 0) is 4.74 Å². The van der Waals surface area contributed by atoms with Crippen LogP contribution < -0.4 is 5.32 Å². The zero-order chi connectivity index (χ0) is 10.8. The summed E-state index contributed by atoms with van der Waals surface area (Å²) in [6.45, 7) is 1.11. The highest BCUT2D eigenvalue weighted by Crippen LogP contribution is 2.25. The Kier molecular flexibility index (Phi) is 3.57. The van der Waals surface area contributed by atoms with Gasteiger partial charge in [0.2, 0.25) is 0 Å². The Morgan fingerprint density at radius 1 is 1.40 bits per heavy atom. The molecule has 3 nitrogen and oxygen atoms in total. The predicted octanol–water partition coefficient (Wildman–Crippen LogP) is 2.81. The molecule has 2 heterocycles. The van der Waals surface area contributed by atoms with Crippen LogP contribution in [0.15, 0.2) is 12.3 Å². The van der Waals surface area contributed by atoms with Crippen LogP contribution >= 0.6 is 34.8 Å². The van der Waals surface area contributed by atoms with Crippen LogP contribution in [0.25, 0.3) is 0 Å². The molecule has 15 heavy (non-hydrogen) atoms. The van der Waals surface area contributed by atoms with Crippen molar-refractivity contribution in [2.45, 2.75) is 11.4 Å². The van der Waals surface area contributed by atoms with E-state index < -0.39 is 0 Å². The average Bonchev–Trinajstić information content (AvgIpc) is 2.57. The quantitative estimate of drug-likeness (QED) is 0.837. The number of rotatable bonds is 2. The molecule has 82 valence electrons. The maximum absolute atomic E-state index is 6.03. The molecule has 1 saturated heterocycles. The highest BCUT2D eigenvalue weighted by molar-refractivity contribution is 6.36. The van der Waals surface area contributed by atoms with E-state index in [0.717, 1.165) is 0 Å². The fourth-order valence-corrected chi connectivity index (χ4v) is 2.02. The van der Waals surface area contributed by atoms with Crippen molar-refractivity contribution in [1.29, 1.82) is 0 Å². The van der Waals surface area contributed by atoms with Crippen LogP contribution in [0.4, 0.5) is 5.82 Å². The molecule has 6 heteroatoms. The van der Waals surface area contributed by atoms with Gasteiger partial charge < -0.3 is 10.1 Å². The molecule has 1 aromatic heterocycles. The lowest BCUT2D eigenvalue weighted by Gasteiger charge is -2.15. The van der Waals surface area contributed by atoms with Gasteiger partial charge >= 0.3 is 0 Å². The normalized spacial score (nSPS) is 25.5. The van der Waals surface area contributed by atoms with Gasteiger partial charge in [0, 0.05) is 6.20 Å². The van der Waals surface area contributed by atoms with Gasteiger partial charge in [0.05, 0.1) is 34.7 Å². The third kappa shape index (κ3) is 2.67. The molecule has 0 aliphatic carbocycles. The highest BCUT2D eigenvalue weighted by atomic mass is 35.5. The van der Waals surface area contributed by atoms with E-state index >= 15 is 0 Å². The Morgan fingerprint density at radius 2 is 2.20 bits per heavy atom. The number of nitrogens with zero attached hydrogens (tertiary/aromatic N) is 1. The number of ether oxygens (including phenoxy) is 1. The maximum Gasteiger partial charge on any atom is 0.145 e. The Morgan fingerprint density at radius 3 is 2.80 bits per heavy atom. The summed E-state index contributed by atoms with van der Waals surface area (Å²) in [5.41, 5.74) is 0. The molecule has 1 aliphatic heterocycles. The fraction of sp³-hybridized carbons (Fsp3) is 0.444. The monoisotopic (exact) mass is 266 g/mol. The van der Waals surface area contributed by atoms with E-state index in [1.165, 1.54) is 6.20 Å². The van der Waals surface area contributed by atoms with Crippen molar-refractivity contribution in [3.8, 4) is 0 Å². The summed E-state index contributed by atoms with van der Waals surface area (Å²) in [5.74, 6) is 0.585. The van der Waals surface area contributed by atoms with Crippen LogP contribution in [0.3, 0.4) is 0 Å². The van der Waals surface area contributed by atoms with Crippen molar-refractivity contribution >= 4 is 40.6 Å². The number of hydrogen-bond donors (Lipinski definition) is 1. The molecule has 0 bridgehead atoms. The Bertz CT molecular complexity index is 361. The van der Waals surface area contributed by atoms with Crippen LogP contribution in [0, 0.1) is 0 Å². The molecule has 0 spiro atoms. The van der Waals surface area contributed by atoms with E-state index in [2.05, 4.69) is 10.3 Å². The molecule has 1 aromatic rings. The topological polar surface area (TPSA) is 34.2 Å². The average molecular weight is 268 g/mol. The predicted molar refractivity (Wildman–Crippen MR) is 62.1 cm³/mol. The number of halogens is 3. The van der Waals surface area contributed by atoms with Gasteiger partial charge in [-0.3, -0.25) is 0 Å². The fourth-order valence-electron chi connectivity index (χ4n) is 1.36. The standard InChI is InChI=1S/C9H9Cl3N2O/c10-5-1-6(11)9(13-2-5)14-8-4-15-3-7(8)12/h1-2,7-8H,3-4H2,(H,13,14). The van der Waals surface area contributed by atoms with E-state index in [-0.39, 0.29) is 11.4 Å². The molecule has 1 N–H and O–H groups in total. The SMILES string of the molecule is Clc1cnc(NC2COCC2Cl)c(Cl)c1. The third-order valence-corrected chi connectivity index (χ3v) is 3.07. The summed E-state index contributed by atoms with van der Waals surface area (Å²) in [4.78, 5) is 4.09. The summed E-state index contributed by atoms with van der Waals surface area (Å²) in [5, 5.41) is 4.06. The molecule has 2 atom stereocenters. The van der Waals surface area contributed by atoms with Crippen LogP contribution in [0.2, 0.25) is 10.0 Å². The first-order valence-corrected chi connectivity index (χ1v) is 5.65. The Labute approximate surface area is 103 Å². The highest BCUT2D eigenvalue weighted by Gasteiger charge is 2.26. The molecular formula is C9H9Cl3N2O. The summed E-state index contributed by atoms with van der Waals surface area (Å²) in [6, 6.07) is 1.68. The second-order valence-corrected chi connectivity index (χ2v) is 4.69. The second-order valence-electron chi connectivity index (χ2n) is 3.29. The summed E-state index contributed by atoms with van der Waals surface area (Å²) in [7, 11) is 0. The Balaban J connectivity index is 2.10. The van der Waals surface area contributed by atoms with Gasteiger partial charge in [-0.25, -0.2) is 4.98 Å². The van der Waals surface area contributed by atoms with Crippen molar-refractivity contribution in [2.75, 3.05) is 18.5 Å². The molecule has 0 saturated carbocycles. The summed E-state index contributed by atoms with van der Waals surface area (Å²) >= 11 is 17.7. The van der Waals surface area contributed by atoms with Gasteiger partial charge in [0.15, 0.2) is 0 Å². The van der Waals surface area contributed by atoms with E-state index in [4.69, 9.17) is 39.5 Å². The van der Waals surface area contributed by atoms with Crippen molar-refractivity contribution in [1.82, 2.24) is 4.98 Å². The number of anilines is 1. The summed E-state index contributed by atoms with van der Waals surface area (Å²) < 4.78 is 5.21. The van der Waals surface area contributed by atoms with Crippen molar-refractivity contribution < 1.29 is 4.74 Å². The Hall–Kier alpha value is -0.220. The zero-order valence-electron chi connectivity index (χ0n) is 7.71. The van der Waals surface area contributed by atoms with E-state index in [9.17, 15) is 0 Å². The minimum atomic E-state index is -0.0569. The lowest BCUT2D eigenvalue weighted by Crippen LogP contribution is -2.28. The number of alkyl halides is 1. The first kappa shape index (κ1) is 11.3. The molecule has 0 aromatic carbocycles. The van der Waals surface area contributed by atoms with Gasteiger partial charge in [0.1, 0.15) is 5.82 Å². The van der Waals surface area contributed by atoms with Crippen molar-refractivity contribution in [3.63, 3.8) is 0 Å². The smallest absolute Gasteiger partial charge is 0.145 e. The lowest BCUT2D eigenvalue weighted by atomic mass is 10.2. The minimum absolute atomic E-state index is 0.0397. The molecule has 2 rings (SSSR count). The molecule has 1 aliphatic rings. The van der Waals surface area contributed by atoms with Crippen molar-refractivity contribution in [3.05, 3.63) is 22.3 Å². The molecule has 1 fully saturated rings. The van der Waals surface area contributed by atoms with Crippen LogP contribution in [-0.4, -0.2) is 29.6 Å². The van der Waals surface area contributed by atoms with E-state index in [1.807, 2.05) is 0 Å². The van der Waals surface area contributed by atoms with Gasteiger partial charge in [0.25, 0.3) is 0 Å². The minimum Gasteiger partial charge on any atom is -0.378 e. The third-order valence-electron chi connectivity index (χ3n) is 2.14. The molecular weight excluding hydrogens is 258 g/mol. The zero-order valence-corrected chi connectivity index (χ0v) is 9.98. The number of nitrogens with one attached hydrogen (secondary N) is 1. The molecule has 0 radical (unpaired) electrons. The van der Waals surface area contributed by atoms with Crippen molar-refractivity contribution in [2.24, 2.45) is 0 Å². The number of hydrogen-bond acceptors (Lipinski definition) is 3. The number of aromatic nitrogens is 1. The van der Waals surface area contributed by atoms with Crippen LogP contribution in [0.1, 0.15) is 0 Å². The van der Waals surface area contributed by atoms with Gasteiger partial charge in [-0.1, -0.05) is 23.2 Å². The first-order chi connectivity index (χ1) is 7.16. The first-order valence-electron chi connectivity index (χ1n) is 4.46. The van der Waals surface area contributed by atoms with Gasteiger partial charge in [-0.15, -0.1) is 11.6 Å². The lowest BCUT2D eigenvalue weighted by molar-refractivity contribution is 0.196. The molecule has 0 amide bonds. The van der Waals surface area contributed by atoms with E-state index in [1.54, 1.807) is 6.07 Å². The second kappa shape index (κ2) is 4.74. The summed E-state index contributed by atoms with van der Waals surface area (Å²) in [6.07, 6.45) is 1.54. The van der Waals surface area contributed by atoms with Gasteiger partial charge in [-0.05, 0) is 6.07 Å². The largest absolute Gasteiger partial charge is 0.378 e. The van der Waals surface area contributed by atoms with E-state index in [0.29, 0.717) is 29.1 Å². The van der Waals surface area contributed by atoms with Gasteiger partial charge in [-0.2, -0.15) is 0 Å². The number of pyridine rings is 1.